The van der Waals surface area contributed by atoms with Crippen molar-refractivity contribution in [2.24, 2.45) is 11.8 Å². The molecule has 2 heterocycles. The lowest BCUT2D eigenvalue weighted by atomic mass is 9.83. The largest absolute Gasteiger partial charge is 0.493 e. The van der Waals surface area contributed by atoms with E-state index in [0.29, 0.717) is 35.1 Å². The molecule has 2 aliphatic rings. The van der Waals surface area contributed by atoms with E-state index in [1.165, 1.54) is 25.7 Å². The van der Waals surface area contributed by atoms with Crippen LogP contribution in [-0.4, -0.2) is 48.5 Å². The first-order chi connectivity index (χ1) is 13.6. The minimum Gasteiger partial charge on any atom is -0.493 e. The summed E-state index contributed by atoms with van der Waals surface area (Å²) in [5.41, 5.74) is 6.97. The molecule has 3 N–H and O–H groups in total. The minimum atomic E-state index is -0.163. The van der Waals surface area contributed by atoms with Crippen molar-refractivity contribution in [1.82, 2.24) is 9.97 Å². The Bertz CT molecular complexity index is 836. The first-order valence-corrected chi connectivity index (χ1v) is 10.2. The van der Waals surface area contributed by atoms with Crippen molar-refractivity contribution in [3.8, 4) is 11.5 Å². The predicted octanol–water partition coefficient (Wildman–Crippen LogP) is 3.42. The number of anilines is 2. The number of piperidine rings is 1. The van der Waals surface area contributed by atoms with Gasteiger partial charge in [0.15, 0.2) is 11.5 Å². The Kier molecular flexibility index (Phi) is 6.90. The van der Waals surface area contributed by atoms with Gasteiger partial charge in [0.1, 0.15) is 5.82 Å². The number of hydrogen-bond donors (Lipinski definition) is 2. The highest BCUT2D eigenvalue weighted by Gasteiger charge is 2.32. The molecule has 0 spiro atoms. The fraction of sp³-hybridized carbons (Fsp3) is 0.619. The van der Waals surface area contributed by atoms with Crippen LogP contribution in [0.1, 0.15) is 38.5 Å². The van der Waals surface area contributed by atoms with E-state index in [0.717, 1.165) is 36.8 Å². The molecule has 4 rings (SSSR count). The molecule has 0 bridgehead atoms. The molecular weight excluding hydrogens is 392 g/mol. The van der Waals surface area contributed by atoms with Crippen molar-refractivity contribution in [3.63, 3.8) is 0 Å². The van der Waals surface area contributed by atoms with Crippen molar-refractivity contribution in [3.05, 3.63) is 12.1 Å². The monoisotopic (exact) mass is 422 g/mol. The number of nitrogens with two attached hydrogens (primary N) is 1. The summed E-state index contributed by atoms with van der Waals surface area (Å²) in [7, 11) is 3.20. The first-order valence-electron chi connectivity index (χ1n) is 10.2. The molecule has 0 radical (unpaired) electrons. The molecule has 1 aromatic heterocycles. The van der Waals surface area contributed by atoms with E-state index in [2.05, 4.69) is 9.88 Å². The molecule has 2 aromatic rings. The molecule has 1 aromatic carbocycles. The van der Waals surface area contributed by atoms with E-state index >= 15 is 0 Å². The summed E-state index contributed by atoms with van der Waals surface area (Å²) in [5.74, 6) is 3.19. The van der Waals surface area contributed by atoms with Gasteiger partial charge in [-0.2, -0.15) is 4.98 Å². The molecule has 1 atom stereocenters. The molecule has 160 valence electrons. The average Bonchev–Trinajstić information content (AvgIpc) is 3.27. The maximum Gasteiger partial charge on any atom is 0.227 e. The molecule has 1 saturated heterocycles. The number of aliphatic hydroxyl groups excluding tert-OH is 1. The third-order valence-electron chi connectivity index (χ3n) is 6.41. The summed E-state index contributed by atoms with van der Waals surface area (Å²) >= 11 is 0. The number of rotatable bonds is 5. The summed E-state index contributed by atoms with van der Waals surface area (Å²) in [5, 5.41) is 11.5. The molecule has 1 aliphatic carbocycles. The number of methoxy groups -OCH3 is 2. The molecule has 0 amide bonds. The molecule has 8 heteroatoms. The van der Waals surface area contributed by atoms with Crippen LogP contribution in [0, 0.1) is 11.8 Å². The summed E-state index contributed by atoms with van der Waals surface area (Å²) < 4.78 is 10.7. The average molecular weight is 423 g/mol. The summed E-state index contributed by atoms with van der Waals surface area (Å²) in [6.07, 6.45) is 6.64. The van der Waals surface area contributed by atoms with Crippen molar-refractivity contribution >= 4 is 35.1 Å². The zero-order valence-corrected chi connectivity index (χ0v) is 18.0. The lowest BCUT2D eigenvalue weighted by Gasteiger charge is -2.36. The maximum atomic E-state index is 10.7. The summed E-state index contributed by atoms with van der Waals surface area (Å²) in [6.45, 7) is 1.68. The number of benzene rings is 1. The Labute approximate surface area is 178 Å². The van der Waals surface area contributed by atoms with Gasteiger partial charge in [-0.1, -0.05) is 12.8 Å². The van der Waals surface area contributed by atoms with Crippen LogP contribution >= 0.6 is 12.4 Å². The van der Waals surface area contributed by atoms with Crippen LogP contribution in [0.3, 0.4) is 0 Å². The van der Waals surface area contributed by atoms with Crippen molar-refractivity contribution in [2.75, 3.05) is 37.9 Å². The fourth-order valence-electron chi connectivity index (χ4n) is 4.73. The number of nitrogen functional groups attached to an aromatic ring is 1. The van der Waals surface area contributed by atoms with Crippen LogP contribution in [-0.2, 0) is 0 Å². The maximum absolute atomic E-state index is 10.7. The normalized spacial score (nSPS) is 19.2. The van der Waals surface area contributed by atoms with Gasteiger partial charge in [-0.05, 0) is 43.6 Å². The van der Waals surface area contributed by atoms with Crippen LogP contribution in [0.4, 0.5) is 11.8 Å². The summed E-state index contributed by atoms with van der Waals surface area (Å²) in [4.78, 5) is 11.4. The number of halogens is 1. The van der Waals surface area contributed by atoms with Gasteiger partial charge >= 0.3 is 0 Å². The van der Waals surface area contributed by atoms with E-state index in [1.54, 1.807) is 14.2 Å². The van der Waals surface area contributed by atoms with Gasteiger partial charge < -0.3 is 25.2 Å². The number of nitrogens with zero attached hydrogens (tertiary/aromatic N) is 3. The van der Waals surface area contributed by atoms with Gasteiger partial charge in [0, 0.05) is 24.5 Å². The highest BCUT2D eigenvalue weighted by molar-refractivity contribution is 5.91. The minimum absolute atomic E-state index is 0. The van der Waals surface area contributed by atoms with Gasteiger partial charge in [0.05, 0.1) is 25.8 Å². The predicted molar refractivity (Wildman–Crippen MR) is 117 cm³/mol. The molecule has 1 unspecified atom stereocenters. The van der Waals surface area contributed by atoms with E-state index in [4.69, 9.17) is 20.2 Å². The van der Waals surface area contributed by atoms with E-state index in [9.17, 15) is 5.11 Å². The van der Waals surface area contributed by atoms with E-state index in [-0.39, 0.29) is 18.5 Å². The van der Waals surface area contributed by atoms with Gasteiger partial charge in [0.25, 0.3) is 0 Å². The van der Waals surface area contributed by atoms with Crippen molar-refractivity contribution in [1.29, 1.82) is 0 Å². The number of hydrogen-bond acceptors (Lipinski definition) is 7. The van der Waals surface area contributed by atoms with Crippen LogP contribution in [0.5, 0.6) is 11.5 Å². The molecule has 29 heavy (non-hydrogen) atoms. The zero-order chi connectivity index (χ0) is 19.7. The second-order valence-corrected chi connectivity index (χ2v) is 7.99. The van der Waals surface area contributed by atoms with Crippen LogP contribution in [0.15, 0.2) is 12.1 Å². The van der Waals surface area contributed by atoms with Gasteiger partial charge in [-0.15, -0.1) is 12.4 Å². The topological polar surface area (TPSA) is 93.7 Å². The highest BCUT2D eigenvalue weighted by atomic mass is 35.5. The smallest absolute Gasteiger partial charge is 0.227 e. The van der Waals surface area contributed by atoms with Crippen molar-refractivity contribution in [2.45, 2.75) is 44.6 Å². The Balaban J connectivity index is 0.00000240. The Morgan fingerprint density at radius 1 is 1.00 bits per heavy atom. The first kappa shape index (κ1) is 21.7. The number of fused-ring (bicyclic) bond motifs is 1. The Morgan fingerprint density at radius 3 is 2.21 bits per heavy atom. The molecule has 1 saturated carbocycles. The lowest BCUT2D eigenvalue weighted by Crippen LogP contribution is -2.40. The zero-order valence-electron chi connectivity index (χ0n) is 17.1. The molecular formula is C21H31ClN4O3. The quantitative estimate of drug-likeness (QED) is 0.762. The van der Waals surface area contributed by atoms with Crippen LogP contribution < -0.4 is 20.1 Å². The van der Waals surface area contributed by atoms with Crippen LogP contribution in [0.2, 0.25) is 0 Å². The number of aromatic nitrogens is 2. The SMILES string of the molecule is COc1cc2nc(N3CCC(C(O)C4CCCC4)CC3)nc(N)c2cc1OC.Cl. The van der Waals surface area contributed by atoms with Gasteiger partial charge in [0.2, 0.25) is 5.95 Å². The van der Waals surface area contributed by atoms with E-state index in [1.807, 2.05) is 12.1 Å². The molecule has 2 fully saturated rings. The van der Waals surface area contributed by atoms with Gasteiger partial charge in [-0.25, -0.2) is 4.98 Å². The van der Waals surface area contributed by atoms with Gasteiger partial charge in [-0.3, -0.25) is 0 Å². The highest BCUT2D eigenvalue weighted by Crippen LogP contribution is 2.36. The van der Waals surface area contributed by atoms with Crippen LogP contribution in [0.25, 0.3) is 10.9 Å². The standard InChI is InChI=1S/C21H30N4O3.ClH/c1-27-17-11-15-16(12-18(17)28-2)23-21(24-20(15)22)25-9-7-14(8-10-25)19(26)13-5-3-4-6-13;/h11-14,19,26H,3-10H2,1-2H3,(H2,22,23,24);1H. The lowest BCUT2D eigenvalue weighted by molar-refractivity contribution is 0.0414. The van der Waals surface area contributed by atoms with Crippen molar-refractivity contribution < 1.29 is 14.6 Å². The fourth-order valence-corrected chi connectivity index (χ4v) is 4.73. The Hall–Kier alpha value is -1.99. The Morgan fingerprint density at radius 2 is 1.59 bits per heavy atom. The number of ether oxygens (including phenoxy) is 2. The molecule has 7 nitrogen and oxygen atoms in total. The third kappa shape index (κ3) is 4.31. The second kappa shape index (κ2) is 9.22. The molecule has 1 aliphatic heterocycles. The number of aliphatic hydroxyl groups is 1. The van der Waals surface area contributed by atoms with E-state index < -0.39 is 0 Å². The third-order valence-corrected chi connectivity index (χ3v) is 6.41. The summed E-state index contributed by atoms with van der Waals surface area (Å²) in [6, 6.07) is 3.66. The second-order valence-electron chi connectivity index (χ2n) is 7.99.